The summed E-state index contributed by atoms with van der Waals surface area (Å²) in [7, 11) is -2.46. The highest BCUT2D eigenvalue weighted by Gasteiger charge is 2.32. The lowest BCUT2D eigenvalue weighted by molar-refractivity contribution is 0.0775. The van der Waals surface area contributed by atoms with Crippen LogP contribution in [0, 0.1) is 5.92 Å². The third-order valence-electron chi connectivity index (χ3n) is 7.06. The van der Waals surface area contributed by atoms with Crippen LogP contribution in [0.1, 0.15) is 36.2 Å². The first-order valence-corrected chi connectivity index (χ1v) is 16.1. The third kappa shape index (κ3) is 9.17. The molecule has 2 N–H and O–H groups in total. The molecular formula is C32H39ClN2O7S. The number of amides is 1. The summed E-state index contributed by atoms with van der Waals surface area (Å²) in [6.45, 7) is 4.84. The van der Waals surface area contributed by atoms with Gasteiger partial charge >= 0.3 is 0 Å². The van der Waals surface area contributed by atoms with Crippen molar-refractivity contribution >= 4 is 27.5 Å². The summed E-state index contributed by atoms with van der Waals surface area (Å²) in [5, 5.41) is 14.8. The number of rotatable bonds is 14. The highest BCUT2D eigenvalue weighted by Crippen LogP contribution is 2.25. The van der Waals surface area contributed by atoms with Gasteiger partial charge in [0.1, 0.15) is 17.6 Å². The van der Waals surface area contributed by atoms with E-state index in [9.17, 15) is 18.3 Å². The van der Waals surface area contributed by atoms with E-state index in [2.05, 4.69) is 5.32 Å². The van der Waals surface area contributed by atoms with E-state index < -0.39 is 28.1 Å². The second-order valence-electron chi connectivity index (χ2n) is 11.0. The zero-order valence-electron chi connectivity index (χ0n) is 24.6. The number of benzene rings is 3. The van der Waals surface area contributed by atoms with Gasteiger partial charge in [0.15, 0.2) is 0 Å². The molecule has 0 spiro atoms. The van der Waals surface area contributed by atoms with Crippen LogP contribution in [0.4, 0.5) is 0 Å². The average molecular weight is 631 g/mol. The smallest absolute Gasteiger partial charge is 0.251 e. The minimum Gasteiger partial charge on any atom is -0.497 e. The molecule has 1 aliphatic rings. The summed E-state index contributed by atoms with van der Waals surface area (Å²) in [6, 6.07) is 19.5. The number of hydrogen-bond donors (Lipinski definition) is 2. The van der Waals surface area contributed by atoms with Crippen molar-refractivity contribution in [2.75, 3.05) is 33.4 Å². The quantitative estimate of drug-likeness (QED) is 0.268. The molecule has 1 fully saturated rings. The Balaban J connectivity index is 1.58. The van der Waals surface area contributed by atoms with Gasteiger partial charge in [0, 0.05) is 30.1 Å². The van der Waals surface area contributed by atoms with Gasteiger partial charge in [0.05, 0.1) is 37.4 Å². The fraction of sp³-hybridized carbons (Fsp3) is 0.406. The Hall–Kier alpha value is -3.15. The van der Waals surface area contributed by atoms with Crippen molar-refractivity contribution in [3.63, 3.8) is 0 Å². The standard InChI is InChI=1S/C32H39ClN2O7S/c1-22(2)19-35(43(38,39)29-11-9-26(40-3)10-12-29)20-31(36)30(15-23-7-5-4-6-8-23)34-32(37)24-16-25(33)18-28(17-24)42-27-13-14-41-21-27/h4-12,16-18,22,27,30-31,36H,13-15,19-21H2,1-3H3,(H,34,37). The number of aliphatic hydroxyl groups excluding tert-OH is 1. The first kappa shape index (κ1) is 32.8. The number of halogens is 1. The molecular weight excluding hydrogens is 592 g/mol. The SMILES string of the molecule is COc1ccc(S(=O)(=O)N(CC(C)C)CC(O)C(Cc2ccccc2)NC(=O)c2cc(Cl)cc(OC3CCOC3)c2)cc1. The van der Waals surface area contributed by atoms with Gasteiger partial charge in [-0.2, -0.15) is 4.31 Å². The Morgan fingerprint density at radius 3 is 2.42 bits per heavy atom. The molecule has 3 aromatic carbocycles. The Morgan fingerprint density at radius 2 is 1.79 bits per heavy atom. The lowest BCUT2D eigenvalue weighted by Gasteiger charge is -2.31. The van der Waals surface area contributed by atoms with Crippen molar-refractivity contribution in [2.45, 2.75) is 49.8 Å². The number of sulfonamides is 1. The number of carbonyl (C=O) groups is 1. The molecule has 43 heavy (non-hydrogen) atoms. The van der Waals surface area contributed by atoms with E-state index in [-0.39, 0.29) is 42.0 Å². The predicted molar refractivity (Wildman–Crippen MR) is 165 cm³/mol. The van der Waals surface area contributed by atoms with Gasteiger partial charge in [-0.05, 0) is 60.4 Å². The summed E-state index contributed by atoms with van der Waals surface area (Å²) in [6.07, 6.45) is -0.343. The summed E-state index contributed by atoms with van der Waals surface area (Å²) in [4.78, 5) is 13.6. The maximum atomic E-state index is 13.7. The summed E-state index contributed by atoms with van der Waals surface area (Å²) in [5.74, 6) is 0.495. The van der Waals surface area contributed by atoms with Crippen molar-refractivity contribution in [3.05, 3.63) is 88.9 Å². The van der Waals surface area contributed by atoms with Crippen molar-refractivity contribution < 1.29 is 32.5 Å². The van der Waals surface area contributed by atoms with Gasteiger partial charge in [0.25, 0.3) is 5.91 Å². The summed E-state index contributed by atoms with van der Waals surface area (Å²) in [5.41, 5.74) is 1.13. The molecule has 9 nitrogen and oxygen atoms in total. The van der Waals surface area contributed by atoms with Crippen LogP contribution < -0.4 is 14.8 Å². The van der Waals surface area contributed by atoms with Crippen molar-refractivity contribution in [2.24, 2.45) is 5.92 Å². The van der Waals surface area contributed by atoms with E-state index in [1.807, 2.05) is 44.2 Å². The van der Waals surface area contributed by atoms with Crippen LogP contribution in [0.2, 0.25) is 5.02 Å². The second kappa shape index (κ2) is 15.0. The number of nitrogens with one attached hydrogen (secondary N) is 1. The molecule has 4 rings (SSSR count). The molecule has 1 aliphatic heterocycles. The molecule has 1 heterocycles. The zero-order valence-corrected chi connectivity index (χ0v) is 26.2. The van der Waals surface area contributed by atoms with Crippen molar-refractivity contribution in [1.82, 2.24) is 9.62 Å². The minimum atomic E-state index is -3.97. The van der Waals surface area contributed by atoms with Gasteiger partial charge in [0.2, 0.25) is 10.0 Å². The summed E-state index contributed by atoms with van der Waals surface area (Å²) < 4.78 is 45.2. The Labute approximate surface area is 258 Å². The molecule has 0 aliphatic carbocycles. The second-order valence-corrected chi connectivity index (χ2v) is 13.4. The maximum Gasteiger partial charge on any atom is 0.251 e. The number of carbonyl (C=O) groups excluding carboxylic acids is 1. The molecule has 0 bridgehead atoms. The third-order valence-corrected chi connectivity index (χ3v) is 9.12. The molecule has 232 valence electrons. The molecule has 0 aromatic heterocycles. The lowest BCUT2D eigenvalue weighted by Crippen LogP contribution is -2.51. The molecule has 0 radical (unpaired) electrons. The number of ether oxygens (including phenoxy) is 3. The van der Waals surface area contributed by atoms with Crippen LogP contribution in [-0.4, -0.2) is 75.4 Å². The normalized spacial score (nSPS) is 16.7. The van der Waals surface area contributed by atoms with E-state index in [0.29, 0.717) is 29.7 Å². The number of aliphatic hydroxyl groups is 1. The van der Waals surface area contributed by atoms with Gasteiger partial charge in [-0.1, -0.05) is 55.8 Å². The van der Waals surface area contributed by atoms with Gasteiger partial charge < -0.3 is 24.6 Å². The first-order chi connectivity index (χ1) is 20.5. The number of methoxy groups -OCH3 is 1. The van der Waals surface area contributed by atoms with Crippen LogP contribution >= 0.6 is 11.6 Å². The Morgan fingerprint density at radius 1 is 1.07 bits per heavy atom. The molecule has 3 atom stereocenters. The number of nitrogens with zero attached hydrogens (tertiary/aromatic N) is 1. The highest BCUT2D eigenvalue weighted by molar-refractivity contribution is 7.89. The molecule has 0 saturated carbocycles. The Kier molecular flexibility index (Phi) is 11.5. The minimum absolute atomic E-state index is 0.0162. The number of hydrogen-bond acceptors (Lipinski definition) is 7. The van der Waals surface area contributed by atoms with Crippen LogP contribution in [0.25, 0.3) is 0 Å². The van der Waals surface area contributed by atoms with Crippen LogP contribution in [0.5, 0.6) is 11.5 Å². The monoisotopic (exact) mass is 630 g/mol. The fourth-order valence-electron chi connectivity index (χ4n) is 4.87. The van der Waals surface area contributed by atoms with E-state index >= 15 is 0 Å². The largest absolute Gasteiger partial charge is 0.497 e. The highest BCUT2D eigenvalue weighted by atomic mass is 35.5. The van der Waals surface area contributed by atoms with Crippen LogP contribution in [0.3, 0.4) is 0 Å². The summed E-state index contributed by atoms with van der Waals surface area (Å²) >= 11 is 6.33. The molecule has 3 unspecified atom stereocenters. The van der Waals surface area contributed by atoms with E-state index in [0.717, 1.165) is 12.0 Å². The molecule has 1 saturated heterocycles. The average Bonchev–Trinajstić information content (AvgIpc) is 3.49. The van der Waals surface area contributed by atoms with Crippen LogP contribution in [-0.2, 0) is 21.2 Å². The molecule has 3 aromatic rings. The van der Waals surface area contributed by atoms with Gasteiger partial charge in [-0.15, -0.1) is 0 Å². The molecule has 11 heteroatoms. The maximum absolute atomic E-state index is 13.7. The first-order valence-electron chi connectivity index (χ1n) is 14.3. The fourth-order valence-corrected chi connectivity index (χ4v) is 6.72. The van der Waals surface area contributed by atoms with Crippen LogP contribution in [0.15, 0.2) is 77.7 Å². The zero-order chi connectivity index (χ0) is 31.0. The molecule has 1 amide bonds. The van der Waals surface area contributed by atoms with Gasteiger partial charge in [-0.3, -0.25) is 4.79 Å². The predicted octanol–water partition coefficient (Wildman–Crippen LogP) is 4.57. The van der Waals surface area contributed by atoms with E-state index in [1.54, 1.807) is 24.3 Å². The topological polar surface area (TPSA) is 114 Å². The van der Waals surface area contributed by atoms with Crippen molar-refractivity contribution in [3.8, 4) is 11.5 Å². The van der Waals surface area contributed by atoms with E-state index in [4.69, 9.17) is 25.8 Å². The van der Waals surface area contributed by atoms with Gasteiger partial charge in [-0.25, -0.2) is 8.42 Å². The lowest BCUT2D eigenvalue weighted by atomic mass is 10.00. The Bertz CT molecular complexity index is 1450. The van der Waals surface area contributed by atoms with Crippen molar-refractivity contribution in [1.29, 1.82) is 0 Å². The van der Waals surface area contributed by atoms with E-state index in [1.165, 1.54) is 29.6 Å².